The molecule has 1 aliphatic rings. The lowest BCUT2D eigenvalue weighted by Crippen LogP contribution is -2.42. The Morgan fingerprint density at radius 3 is 1.85 bits per heavy atom. The van der Waals surface area contributed by atoms with Crippen LogP contribution in [0.3, 0.4) is 0 Å². The molecule has 0 amide bonds. The molecule has 0 spiro atoms. The van der Waals surface area contributed by atoms with E-state index in [0.29, 0.717) is 13.2 Å². The van der Waals surface area contributed by atoms with Gasteiger partial charge in [-0.2, -0.15) is 5.26 Å². The zero-order chi connectivity index (χ0) is 36.9. The molecule has 4 unspecified atom stereocenters. The molecule has 0 N–H and O–H groups in total. The standard InChI is InChI=1S/C42H51N2O7P/c1-31(2)44(32(3)4)52(50-27-13-26-43)51-41-39(47-28-33-14-9-7-10-15-33)29-48-40(41)30-49-42(34-16-11-8-12-17-34,35-18-22-37(45-5)23-19-35)36-20-24-38(46-6)25-21-36/h7-12,14-25,31-32,39-41H,13,27-30H2,1-6H3. The molecule has 1 aliphatic heterocycles. The third kappa shape index (κ3) is 9.57. The van der Waals surface area contributed by atoms with Gasteiger partial charge in [-0.3, -0.25) is 0 Å². The van der Waals surface area contributed by atoms with Crippen LogP contribution >= 0.6 is 8.53 Å². The summed E-state index contributed by atoms with van der Waals surface area (Å²) in [6, 6.07) is 38.7. The van der Waals surface area contributed by atoms with Crippen molar-refractivity contribution in [1.29, 1.82) is 5.26 Å². The van der Waals surface area contributed by atoms with Gasteiger partial charge in [-0.15, -0.1) is 0 Å². The van der Waals surface area contributed by atoms with Crippen LogP contribution in [0.4, 0.5) is 0 Å². The Bertz CT molecular complexity index is 1610. The summed E-state index contributed by atoms with van der Waals surface area (Å²) in [7, 11) is 1.73. The monoisotopic (exact) mass is 726 g/mol. The zero-order valence-corrected chi connectivity index (χ0v) is 31.9. The van der Waals surface area contributed by atoms with Gasteiger partial charge >= 0.3 is 0 Å². The van der Waals surface area contributed by atoms with Gasteiger partial charge in [-0.05, 0) is 74.2 Å². The average molecular weight is 727 g/mol. The third-order valence-electron chi connectivity index (χ3n) is 9.03. The van der Waals surface area contributed by atoms with Crippen LogP contribution in [-0.4, -0.2) is 69.1 Å². The highest BCUT2D eigenvalue weighted by molar-refractivity contribution is 7.44. The van der Waals surface area contributed by atoms with Gasteiger partial charge in [0.15, 0.2) is 0 Å². The first-order valence-electron chi connectivity index (χ1n) is 17.8. The molecule has 1 fully saturated rings. The first-order chi connectivity index (χ1) is 25.3. The minimum Gasteiger partial charge on any atom is -0.497 e. The lowest BCUT2D eigenvalue weighted by Gasteiger charge is -2.39. The van der Waals surface area contributed by atoms with Crippen LogP contribution in [-0.2, 0) is 35.5 Å². The Labute approximate surface area is 310 Å². The van der Waals surface area contributed by atoms with Crippen LogP contribution in [0.1, 0.15) is 56.4 Å². The Morgan fingerprint density at radius 1 is 0.788 bits per heavy atom. The molecule has 10 heteroatoms. The van der Waals surface area contributed by atoms with Gasteiger partial charge in [0.1, 0.15) is 35.4 Å². The molecule has 4 aromatic rings. The maximum atomic E-state index is 9.32. The fourth-order valence-corrected chi connectivity index (χ4v) is 8.31. The number of rotatable bonds is 19. The van der Waals surface area contributed by atoms with E-state index in [1.165, 1.54) is 0 Å². The maximum absolute atomic E-state index is 9.32. The van der Waals surface area contributed by atoms with E-state index in [1.54, 1.807) is 14.2 Å². The summed E-state index contributed by atoms with van der Waals surface area (Å²) in [5, 5.41) is 9.32. The predicted molar refractivity (Wildman–Crippen MR) is 203 cm³/mol. The van der Waals surface area contributed by atoms with Crippen molar-refractivity contribution < 1.29 is 32.7 Å². The number of benzene rings is 4. The molecular weight excluding hydrogens is 675 g/mol. The van der Waals surface area contributed by atoms with Crippen molar-refractivity contribution in [1.82, 2.24) is 4.67 Å². The van der Waals surface area contributed by atoms with Crippen LogP contribution in [0, 0.1) is 11.3 Å². The number of methoxy groups -OCH3 is 2. The Hall–Kier alpha value is -3.84. The number of ether oxygens (including phenoxy) is 5. The second kappa shape index (κ2) is 19.3. The topological polar surface area (TPSA) is 91.6 Å². The smallest absolute Gasteiger partial charge is 0.259 e. The van der Waals surface area contributed by atoms with Crippen molar-refractivity contribution in [3.8, 4) is 17.6 Å². The summed E-state index contributed by atoms with van der Waals surface area (Å²) in [4.78, 5) is 0. The Morgan fingerprint density at radius 2 is 1.33 bits per heavy atom. The zero-order valence-electron chi connectivity index (χ0n) is 31.0. The molecule has 1 heterocycles. The molecule has 52 heavy (non-hydrogen) atoms. The van der Waals surface area contributed by atoms with E-state index >= 15 is 0 Å². The fourth-order valence-electron chi connectivity index (χ4n) is 6.53. The Balaban J connectivity index is 1.54. The van der Waals surface area contributed by atoms with Crippen molar-refractivity contribution in [2.45, 2.75) is 76.7 Å². The van der Waals surface area contributed by atoms with Crippen LogP contribution in [0.5, 0.6) is 11.5 Å². The quantitative estimate of drug-likeness (QED) is 0.0535. The largest absolute Gasteiger partial charge is 0.497 e. The van der Waals surface area contributed by atoms with Crippen molar-refractivity contribution in [2.24, 2.45) is 0 Å². The molecule has 4 aromatic carbocycles. The van der Waals surface area contributed by atoms with Gasteiger partial charge in [-0.1, -0.05) is 84.9 Å². The number of hydrogen-bond donors (Lipinski definition) is 0. The second-order valence-corrected chi connectivity index (χ2v) is 14.5. The van der Waals surface area contributed by atoms with Crippen molar-refractivity contribution in [2.75, 3.05) is 34.0 Å². The number of hydrogen-bond acceptors (Lipinski definition) is 9. The molecule has 0 bridgehead atoms. The molecular formula is C42H51N2O7P. The van der Waals surface area contributed by atoms with E-state index in [4.69, 9.17) is 32.7 Å². The number of nitrogens with zero attached hydrogens (tertiary/aromatic N) is 2. The highest BCUT2D eigenvalue weighted by atomic mass is 31.2. The second-order valence-electron chi connectivity index (χ2n) is 13.1. The van der Waals surface area contributed by atoms with Crippen LogP contribution < -0.4 is 9.47 Å². The van der Waals surface area contributed by atoms with E-state index in [9.17, 15) is 5.26 Å². The lowest BCUT2D eigenvalue weighted by atomic mass is 9.80. The summed E-state index contributed by atoms with van der Waals surface area (Å²) < 4.78 is 47.0. The molecule has 0 radical (unpaired) electrons. The summed E-state index contributed by atoms with van der Waals surface area (Å²) >= 11 is 0. The average Bonchev–Trinajstić information content (AvgIpc) is 3.55. The van der Waals surface area contributed by atoms with Crippen LogP contribution in [0.2, 0.25) is 0 Å². The third-order valence-corrected chi connectivity index (χ3v) is 11.2. The summed E-state index contributed by atoms with van der Waals surface area (Å²) in [6.07, 6.45) is -1.17. The molecule has 0 aliphatic carbocycles. The normalized spacial score (nSPS) is 18.1. The first-order valence-corrected chi connectivity index (χ1v) is 18.9. The van der Waals surface area contributed by atoms with Gasteiger partial charge in [0.25, 0.3) is 8.53 Å². The van der Waals surface area contributed by atoms with E-state index in [2.05, 4.69) is 50.6 Å². The molecule has 4 atom stereocenters. The number of nitriles is 1. The van der Waals surface area contributed by atoms with Gasteiger partial charge < -0.3 is 32.7 Å². The van der Waals surface area contributed by atoms with Gasteiger partial charge in [0, 0.05) is 12.1 Å². The van der Waals surface area contributed by atoms with Crippen molar-refractivity contribution in [3.63, 3.8) is 0 Å². The van der Waals surface area contributed by atoms with Gasteiger partial charge in [-0.25, -0.2) is 4.67 Å². The predicted octanol–water partition coefficient (Wildman–Crippen LogP) is 8.66. The highest BCUT2D eigenvalue weighted by Gasteiger charge is 2.46. The fraction of sp³-hybridized carbons (Fsp3) is 0.405. The highest BCUT2D eigenvalue weighted by Crippen LogP contribution is 2.49. The Kier molecular flexibility index (Phi) is 14.6. The molecule has 276 valence electrons. The molecule has 9 nitrogen and oxygen atoms in total. The van der Waals surface area contributed by atoms with Crippen molar-refractivity contribution >= 4 is 8.53 Å². The minimum atomic E-state index is -1.59. The van der Waals surface area contributed by atoms with Crippen LogP contribution in [0.25, 0.3) is 0 Å². The van der Waals surface area contributed by atoms with E-state index in [-0.39, 0.29) is 31.7 Å². The SMILES string of the molecule is COc1ccc(C(OCC2OCC(OCc3ccccc3)C2OP(OCCC#N)N(C(C)C)C(C)C)(c2ccccc2)c2ccc(OC)cc2)cc1. The minimum absolute atomic E-state index is 0.129. The summed E-state index contributed by atoms with van der Waals surface area (Å²) in [5.41, 5.74) is 2.81. The summed E-state index contributed by atoms with van der Waals surface area (Å²) in [6.45, 7) is 9.65. The van der Waals surface area contributed by atoms with Gasteiger partial charge in [0.2, 0.25) is 0 Å². The molecule has 5 rings (SSSR count). The van der Waals surface area contributed by atoms with Crippen LogP contribution in [0.15, 0.2) is 109 Å². The lowest BCUT2D eigenvalue weighted by molar-refractivity contribution is -0.0726. The van der Waals surface area contributed by atoms with E-state index in [0.717, 1.165) is 33.8 Å². The maximum Gasteiger partial charge on any atom is 0.259 e. The molecule has 0 saturated carbocycles. The van der Waals surface area contributed by atoms with Crippen molar-refractivity contribution in [3.05, 3.63) is 131 Å². The molecule has 1 saturated heterocycles. The molecule has 0 aromatic heterocycles. The summed E-state index contributed by atoms with van der Waals surface area (Å²) in [5.74, 6) is 1.49. The van der Waals surface area contributed by atoms with E-state index in [1.807, 2.05) is 97.1 Å². The van der Waals surface area contributed by atoms with Gasteiger partial charge in [0.05, 0.1) is 53.1 Å². The first kappa shape index (κ1) is 39.4. The van der Waals surface area contributed by atoms with E-state index < -0.39 is 32.4 Å².